The lowest BCUT2D eigenvalue weighted by Gasteiger charge is -2.24. The number of sulfone groups is 1. The van der Waals surface area contributed by atoms with Crippen LogP contribution >= 0.6 is 0 Å². The van der Waals surface area contributed by atoms with E-state index in [9.17, 15) is 13.7 Å². The number of nitriles is 1. The summed E-state index contributed by atoms with van der Waals surface area (Å²) >= 11 is 0. The van der Waals surface area contributed by atoms with Crippen LogP contribution in [0, 0.1) is 11.3 Å². The van der Waals surface area contributed by atoms with Gasteiger partial charge < -0.3 is 18.9 Å². The average molecular weight is 432 g/mol. The van der Waals surface area contributed by atoms with E-state index in [1.165, 1.54) is 12.1 Å². The lowest BCUT2D eigenvalue weighted by molar-refractivity contribution is -0.171. The minimum absolute atomic E-state index is 0.191. The van der Waals surface area contributed by atoms with Crippen LogP contribution < -0.4 is 9.47 Å². The summed E-state index contributed by atoms with van der Waals surface area (Å²) in [6, 6.07) is 13.1. The van der Waals surface area contributed by atoms with Gasteiger partial charge in [0.15, 0.2) is 16.1 Å². The molecular weight excluding hydrogens is 406 g/mol. The van der Waals surface area contributed by atoms with Crippen molar-refractivity contribution in [1.82, 2.24) is 0 Å². The molecule has 2 atom stereocenters. The van der Waals surface area contributed by atoms with Crippen LogP contribution in [0.1, 0.15) is 31.7 Å². The minimum atomic E-state index is -3.28. The molecule has 1 unspecified atom stereocenters. The molecule has 0 radical (unpaired) electrons. The van der Waals surface area contributed by atoms with Crippen LogP contribution in [0.15, 0.2) is 47.4 Å². The van der Waals surface area contributed by atoms with Gasteiger partial charge in [0.1, 0.15) is 23.4 Å². The molecule has 1 saturated heterocycles. The maximum atomic E-state index is 11.6. The van der Waals surface area contributed by atoms with Crippen LogP contribution in [0.3, 0.4) is 0 Å². The highest BCUT2D eigenvalue weighted by Gasteiger charge is 2.16. The Morgan fingerprint density at radius 2 is 1.87 bits per heavy atom. The molecule has 0 spiro atoms. The molecule has 2 aromatic rings. The van der Waals surface area contributed by atoms with E-state index in [4.69, 9.17) is 18.9 Å². The first-order valence-corrected chi connectivity index (χ1v) is 11.7. The van der Waals surface area contributed by atoms with Crippen molar-refractivity contribution in [3.8, 4) is 23.3 Å². The normalized spacial score (nSPS) is 17.7. The maximum Gasteiger partial charge on any atom is 0.175 e. The highest BCUT2D eigenvalue weighted by molar-refractivity contribution is 7.90. The third-order valence-corrected chi connectivity index (χ3v) is 5.62. The molecule has 1 heterocycles. The highest BCUT2D eigenvalue weighted by Crippen LogP contribution is 2.28. The van der Waals surface area contributed by atoms with E-state index in [1.54, 1.807) is 30.3 Å². The molecule has 1 aliphatic rings. The first-order valence-electron chi connectivity index (χ1n) is 9.76. The lowest BCUT2D eigenvalue weighted by Crippen LogP contribution is -2.28. The van der Waals surface area contributed by atoms with Crippen molar-refractivity contribution in [2.45, 2.75) is 43.5 Å². The average Bonchev–Trinajstić information content (AvgIpc) is 2.72. The molecule has 0 aromatic heterocycles. The highest BCUT2D eigenvalue weighted by atomic mass is 32.2. The molecule has 2 aromatic carbocycles. The van der Waals surface area contributed by atoms with Crippen molar-refractivity contribution in [3.63, 3.8) is 0 Å². The van der Waals surface area contributed by atoms with Gasteiger partial charge in [0.05, 0.1) is 23.1 Å². The van der Waals surface area contributed by atoms with Gasteiger partial charge in [0.2, 0.25) is 0 Å². The molecule has 160 valence electrons. The third kappa shape index (κ3) is 6.46. The molecule has 0 saturated carbocycles. The Hall–Kier alpha value is -2.60. The molecule has 7 nitrogen and oxygen atoms in total. The minimum Gasteiger partial charge on any atom is -0.488 e. The topological polar surface area (TPSA) is 94.8 Å². The number of nitrogens with zero attached hydrogens (tertiary/aromatic N) is 1. The summed E-state index contributed by atoms with van der Waals surface area (Å²) in [7, 11) is -3.28. The first kappa shape index (κ1) is 22.1. The molecule has 1 aliphatic heterocycles. The summed E-state index contributed by atoms with van der Waals surface area (Å²) in [5.41, 5.74) is 0.388. The largest absolute Gasteiger partial charge is 0.488 e. The molecule has 30 heavy (non-hydrogen) atoms. The van der Waals surface area contributed by atoms with Crippen molar-refractivity contribution in [2.75, 3.05) is 19.5 Å². The van der Waals surface area contributed by atoms with Gasteiger partial charge in [-0.1, -0.05) is 0 Å². The Morgan fingerprint density at radius 3 is 2.50 bits per heavy atom. The fraction of sp³-hybridized carbons (Fsp3) is 0.409. The fourth-order valence-corrected chi connectivity index (χ4v) is 3.64. The Balaban J connectivity index is 1.65. The van der Waals surface area contributed by atoms with Crippen LogP contribution in [0.25, 0.3) is 0 Å². The summed E-state index contributed by atoms with van der Waals surface area (Å²) < 4.78 is 46.1. The molecule has 3 rings (SSSR count). The van der Waals surface area contributed by atoms with Crippen LogP contribution in [0.4, 0.5) is 0 Å². The van der Waals surface area contributed by atoms with E-state index in [0.717, 1.165) is 32.1 Å². The molecule has 0 bridgehead atoms. The Bertz CT molecular complexity index is 991. The summed E-state index contributed by atoms with van der Waals surface area (Å²) in [4.78, 5) is 0.209. The number of ether oxygens (including phenoxy) is 4. The van der Waals surface area contributed by atoms with Crippen molar-refractivity contribution >= 4 is 9.84 Å². The van der Waals surface area contributed by atoms with Gasteiger partial charge >= 0.3 is 0 Å². The quantitative estimate of drug-likeness (QED) is 0.622. The van der Waals surface area contributed by atoms with Crippen molar-refractivity contribution < 1.29 is 27.4 Å². The van der Waals surface area contributed by atoms with E-state index >= 15 is 0 Å². The van der Waals surface area contributed by atoms with E-state index < -0.39 is 9.84 Å². The zero-order valence-electron chi connectivity index (χ0n) is 17.0. The van der Waals surface area contributed by atoms with Crippen LogP contribution in [0.2, 0.25) is 0 Å². The van der Waals surface area contributed by atoms with Crippen LogP contribution in [-0.2, 0) is 19.3 Å². The summed E-state index contributed by atoms with van der Waals surface area (Å²) in [6.45, 7) is 2.97. The molecule has 0 aliphatic carbocycles. The standard InChI is InChI=1S/C22H25NO6S/c1-16(15-27-22-5-3-4-10-26-22)28-19-11-17(14-23)12-20(13-19)29-18-6-8-21(9-7-18)30(2,24)25/h6-9,11-13,16,22H,3-5,10,15H2,1-2H3/t16-,22?/m0/s1. The van der Waals surface area contributed by atoms with Gasteiger partial charge in [0.25, 0.3) is 0 Å². The van der Waals surface area contributed by atoms with Crippen LogP contribution in [-0.4, -0.2) is 40.3 Å². The van der Waals surface area contributed by atoms with Crippen molar-refractivity contribution in [3.05, 3.63) is 48.0 Å². The van der Waals surface area contributed by atoms with Crippen molar-refractivity contribution in [1.29, 1.82) is 5.26 Å². The number of benzene rings is 2. The summed E-state index contributed by atoms with van der Waals surface area (Å²) in [6.07, 6.45) is 3.75. The fourth-order valence-electron chi connectivity index (χ4n) is 3.01. The number of hydrogen-bond donors (Lipinski definition) is 0. The molecular formula is C22H25NO6S. The second-order valence-corrected chi connectivity index (χ2v) is 9.22. The van der Waals surface area contributed by atoms with E-state index in [-0.39, 0.29) is 17.3 Å². The van der Waals surface area contributed by atoms with Gasteiger partial charge in [-0.25, -0.2) is 8.42 Å². The molecule has 0 amide bonds. The number of rotatable bonds is 8. The third-order valence-electron chi connectivity index (χ3n) is 4.49. The van der Waals surface area contributed by atoms with Gasteiger partial charge in [-0.05, 0) is 62.6 Å². The smallest absolute Gasteiger partial charge is 0.175 e. The lowest BCUT2D eigenvalue weighted by atomic mass is 10.2. The van der Waals surface area contributed by atoms with Gasteiger partial charge in [0, 0.05) is 18.9 Å². The maximum absolute atomic E-state index is 11.6. The predicted octanol–water partition coefficient (Wildman–Crippen LogP) is 4.06. The zero-order valence-corrected chi connectivity index (χ0v) is 17.9. The Kier molecular flexibility index (Phi) is 7.32. The van der Waals surface area contributed by atoms with Gasteiger partial charge in [-0.3, -0.25) is 0 Å². The van der Waals surface area contributed by atoms with E-state index in [2.05, 4.69) is 6.07 Å². The van der Waals surface area contributed by atoms with E-state index in [1.807, 2.05) is 6.92 Å². The molecule has 1 fully saturated rings. The molecule has 0 N–H and O–H groups in total. The summed E-state index contributed by atoms with van der Waals surface area (Å²) in [5.74, 6) is 1.35. The monoisotopic (exact) mass is 431 g/mol. The number of hydrogen-bond acceptors (Lipinski definition) is 7. The Morgan fingerprint density at radius 1 is 1.13 bits per heavy atom. The zero-order chi connectivity index (χ0) is 21.6. The molecule has 8 heteroatoms. The van der Waals surface area contributed by atoms with Gasteiger partial charge in [-0.2, -0.15) is 5.26 Å². The summed E-state index contributed by atoms with van der Waals surface area (Å²) in [5, 5.41) is 9.32. The Labute approximate surface area is 177 Å². The van der Waals surface area contributed by atoms with Crippen LogP contribution in [0.5, 0.6) is 17.2 Å². The predicted molar refractivity (Wildman–Crippen MR) is 110 cm³/mol. The SMILES string of the molecule is C[C@@H](COC1CCCCO1)Oc1cc(C#N)cc(Oc2ccc(S(C)(=O)=O)cc2)c1. The second-order valence-electron chi connectivity index (χ2n) is 7.21. The second kappa shape index (κ2) is 9.94. The first-order chi connectivity index (χ1) is 14.3. The van der Waals surface area contributed by atoms with E-state index in [0.29, 0.717) is 29.4 Å². The van der Waals surface area contributed by atoms with Crippen molar-refractivity contribution in [2.24, 2.45) is 0 Å². The van der Waals surface area contributed by atoms with Gasteiger partial charge in [-0.15, -0.1) is 0 Å².